The van der Waals surface area contributed by atoms with Crippen molar-refractivity contribution in [1.29, 1.82) is 0 Å². The van der Waals surface area contributed by atoms with Crippen molar-refractivity contribution in [3.8, 4) is 0 Å². The highest BCUT2D eigenvalue weighted by molar-refractivity contribution is 7.09. The number of ether oxygens (including phenoxy) is 2. The van der Waals surface area contributed by atoms with Crippen LogP contribution >= 0.6 is 11.3 Å². The standard InChI is InChI=1S/C47H71N7O6S/c1-12-32(6)42(53(9)47(58)40(30(2)3)51-45(57)41(31(4)5)52(8)29-35-20-22-48-23-21-35)38(59-10)28-39(55)54-25-16-19-37(54)43(60-11)33(7)44(56)50-36(46-49-24-26-61-46)27-34-17-14-13-15-18-34/h13-15,17-18,20-24,26,30-33,36-38,40-43H,12,16,19,25,27-29H2,1-11H3,(H,50,56)(H,51,57)/t32-,33+,36-,37?,38+,40?,41?,42-,43+/m0/s1. The molecule has 1 aliphatic rings. The van der Waals surface area contributed by atoms with Gasteiger partial charge in [0.25, 0.3) is 0 Å². The molecule has 0 aliphatic carbocycles. The second kappa shape index (κ2) is 23.8. The average molecular weight is 862 g/mol. The minimum absolute atomic E-state index is 0.0196. The number of aromatic nitrogens is 2. The van der Waals surface area contributed by atoms with E-state index in [9.17, 15) is 19.2 Å². The Kier molecular flexibility index (Phi) is 19.3. The molecule has 1 saturated heterocycles. The molecule has 4 rings (SSSR count). The van der Waals surface area contributed by atoms with Gasteiger partial charge in [-0.25, -0.2) is 4.98 Å². The molecule has 3 heterocycles. The van der Waals surface area contributed by atoms with Gasteiger partial charge in [0.1, 0.15) is 11.0 Å². The van der Waals surface area contributed by atoms with Crippen molar-refractivity contribution >= 4 is 35.0 Å². The van der Waals surface area contributed by atoms with Crippen LogP contribution in [0.5, 0.6) is 0 Å². The molecule has 61 heavy (non-hydrogen) atoms. The van der Waals surface area contributed by atoms with E-state index in [0.29, 0.717) is 25.9 Å². The number of rotatable bonds is 23. The summed E-state index contributed by atoms with van der Waals surface area (Å²) in [6.45, 7) is 14.9. The van der Waals surface area contributed by atoms with Gasteiger partial charge in [-0.1, -0.05) is 85.2 Å². The summed E-state index contributed by atoms with van der Waals surface area (Å²) < 4.78 is 12.2. The summed E-state index contributed by atoms with van der Waals surface area (Å²) >= 11 is 1.50. The largest absolute Gasteiger partial charge is 0.379 e. The van der Waals surface area contributed by atoms with Gasteiger partial charge < -0.3 is 29.9 Å². The fourth-order valence-corrected chi connectivity index (χ4v) is 9.61. The second-order valence-corrected chi connectivity index (χ2v) is 18.3. The van der Waals surface area contributed by atoms with Crippen molar-refractivity contribution < 1.29 is 28.7 Å². The number of likely N-dealkylation sites (N-methyl/N-ethyl adjacent to an activating group) is 2. The maximum atomic E-state index is 14.6. The third-order valence-corrected chi connectivity index (χ3v) is 13.3. The van der Waals surface area contributed by atoms with Crippen LogP contribution < -0.4 is 10.6 Å². The van der Waals surface area contributed by atoms with Crippen molar-refractivity contribution in [2.75, 3.05) is 34.9 Å². The first kappa shape index (κ1) is 49.4. The van der Waals surface area contributed by atoms with Crippen LogP contribution in [0.25, 0.3) is 0 Å². The van der Waals surface area contributed by atoms with Crippen molar-refractivity contribution in [3.63, 3.8) is 0 Å². The summed E-state index contributed by atoms with van der Waals surface area (Å²) in [4.78, 5) is 71.1. The Labute approximate surface area is 368 Å². The predicted molar refractivity (Wildman–Crippen MR) is 240 cm³/mol. The first-order valence-electron chi connectivity index (χ1n) is 21.9. The van der Waals surface area contributed by atoms with Crippen molar-refractivity contribution in [2.45, 2.75) is 130 Å². The molecule has 1 aromatic carbocycles. The molecule has 14 heteroatoms. The van der Waals surface area contributed by atoms with Crippen LogP contribution in [0.2, 0.25) is 0 Å². The molecule has 0 spiro atoms. The zero-order valence-electron chi connectivity index (χ0n) is 38.2. The summed E-state index contributed by atoms with van der Waals surface area (Å²) in [6.07, 6.45) is 6.87. The molecule has 336 valence electrons. The summed E-state index contributed by atoms with van der Waals surface area (Å²) in [5.74, 6) is -1.55. The molecule has 3 aromatic rings. The number of thiazole rings is 1. The van der Waals surface area contributed by atoms with Gasteiger partial charge in [-0.2, -0.15) is 0 Å². The zero-order chi connectivity index (χ0) is 44.8. The van der Waals surface area contributed by atoms with Crippen molar-refractivity contribution in [1.82, 2.24) is 35.3 Å². The first-order valence-corrected chi connectivity index (χ1v) is 22.8. The Morgan fingerprint density at radius 3 is 2.15 bits per heavy atom. The number of amides is 4. The van der Waals surface area contributed by atoms with Gasteiger partial charge in [0.2, 0.25) is 23.6 Å². The maximum Gasteiger partial charge on any atom is 0.245 e. The lowest BCUT2D eigenvalue weighted by atomic mass is 9.89. The molecular formula is C47H71N7O6S. The fraction of sp³-hybridized carbons (Fsp3) is 0.617. The Hall–Kier alpha value is -4.24. The lowest BCUT2D eigenvalue weighted by molar-refractivity contribution is -0.148. The molecule has 3 unspecified atom stereocenters. The quantitative estimate of drug-likeness (QED) is 0.115. The molecule has 1 aliphatic heterocycles. The normalized spacial score (nSPS) is 18.3. The van der Waals surface area contributed by atoms with E-state index in [1.165, 1.54) is 11.3 Å². The Balaban J connectivity index is 1.48. The van der Waals surface area contributed by atoms with E-state index in [2.05, 4.69) is 34.4 Å². The van der Waals surface area contributed by atoms with Gasteiger partial charge in [0.05, 0.1) is 48.7 Å². The molecule has 2 N–H and O–H groups in total. The molecule has 9 atom stereocenters. The Morgan fingerprint density at radius 1 is 0.885 bits per heavy atom. The van der Waals surface area contributed by atoms with Gasteiger partial charge in [-0.05, 0) is 67.3 Å². The summed E-state index contributed by atoms with van der Waals surface area (Å²) in [6, 6.07) is 11.5. The van der Waals surface area contributed by atoms with Gasteiger partial charge in [0.15, 0.2) is 0 Å². The molecular weight excluding hydrogens is 791 g/mol. The zero-order valence-corrected chi connectivity index (χ0v) is 39.1. The molecule has 0 saturated carbocycles. The fourth-order valence-electron chi connectivity index (χ4n) is 8.92. The van der Waals surface area contributed by atoms with E-state index in [1.54, 1.807) is 44.8 Å². The van der Waals surface area contributed by atoms with Crippen LogP contribution in [0.4, 0.5) is 0 Å². The number of pyridine rings is 1. The number of nitrogens with zero attached hydrogens (tertiary/aromatic N) is 5. The topological polar surface area (TPSA) is 146 Å². The van der Waals surface area contributed by atoms with Crippen LogP contribution in [0, 0.1) is 23.7 Å². The summed E-state index contributed by atoms with van der Waals surface area (Å²) in [5.41, 5.74) is 2.13. The number of likely N-dealkylation sites (tertiary alicyclic amines) is 1. The van der Waals surface area contributed by atoms with Crippen molar-refractivity contribution in [3.05, 3.63) is 82.6 Å². The molecule has 0 radical (unpaired) electrons. The minimum atomic E-state index is -0.797. The predicted octanol–water partition coefficient (Wildman–Crippen LogP) is 6.16. The number of nitrogens with one attached hydrogen (secondary N) is 2. The highest BCUT2D eigenvalue weighted by atomic mass is 32.1. The van der Waals surface area contributed by atoms with Crippen LogP contribution in [-0.2, 0) is 41.6 Å². The number of methoxy groups -OCH3 is 2. The van der Waals surface area contributed by atoms with Crippen LogP contribution in [0.1, 0.15) is 96.3 Å². The lowest BCUT2D eigenvalue weighted by Gasteiger charge is -2.41. The number of carbonyl (C=O) groups is 4. The maximum absolute atomic E-state index is 14.6. The van der Waals surface area contributed by atoms with E-state index in [1.807, 2.05) is 99.3 Å². The third-order valence-electron chi connectivity index (χ3n) is 12.4. The second-order valence-electron chi connectivity index (χ2n) is 17.4. The first-order chi connectivity index (χ1) is 29.1. The van der Waals surface area contributed by atoms with Crippen LogP contribution in [0.3, 0.4) is 0 Å². The van der Waals surface area contributed by atoms with E-state index < -0.39 is 36.3 Å². The summed E-state index contributed by atoms with van der Waals surface area (Å²) in [5, 5.41) is 9.10. The molecule has 0 bridgehead atoms. The van der Waals surface area contributed by atoms with Gasteiger partial charge in [-0.15, -0.1) is 11.3 Å². The monoisotopic (exact) mass is 862 g/mol. The molecule has 13 nitrogen and oxygen atoms in total. The van der Waals surface area contributed by atoms with Gasteiger partial charge in [-0.3, -0.25) is 29.1 Å². The highest BCUT2D eigenvalue weighted by Crippen LogP contribution is 2.31. The van der Waals surface area contributed by atoms with E-state index in [0.717, 1.165) is 29.0 Å². The summed E-state index contributed by atoms with van der Waals surface area (Å²) in [7, 11) is 6.86. The van der Waals surface area contributed by atoms with Crippen molar-refractivity contribution in [2.24, 2.45) is 23.7 Å². The average Bonchev–Trinajstić information content (AvgIpc) is 3.96. The number of hydrogen-bond donors (Lipinski definition) is 2. The molecule has 4 amide bonds. The Morgan fingerprint density at radius 2 is 1.57 bits per heavy atom. The minimum Gasteiger partial charge on any atom is -0.379 e. The number of benzene rings is 1. The van der Waals surface area contributed by atoms with E-state index in [-0.39, 0.29) is 59.9 Å². The van der Waals surface area contributed by atoms with Crippen LogP contribution in [-0.4, -0.2) is 120 Å². The van der Waals surface area contributed by atoms with Crippen LogP contribution in [0.15, 0.2) is 66.4 Å². The van der Waals surface area contributed by atoms with Gasteiger partial charge >= 0.3 is 0 Å². The van der Waals surface area contributed by atoms with E-state index >= 15 is 0 Å². The third kappa shape index (κ3) is 13.1. The molecule has 1 fully saturated rings. The number of hydrogen-bond acceptors (Lipinski definition) is 10. The molecule has 2 aromatic heterocycles. The Bertz CT molecular complexity index is 1800. The highest BCUT2D eigenvalue weighted by Gasteiger charge is 2.43. The lowest BCUT2D eigenvalue weighted by Crippen LogP contribution is -2.60. The van der Waals surface area contributed by atoms with E-state index in [4.69, 9.17) is 9.47 Å². The number of carbonyl (C=O) groups excluding carboxylic acids is 4. The smallest absolute Gasteiger partial charge is 0.245 e. The van der Waals surface area contributed by atoms with Gasteiger partial charge in [0, 0.05) is 58.3 Å². The SMILES string of the molecule is CC[C@H](C)[C@@H]([C@@H](CC(=O)N1CCCC1[C@H](OC)[C@@H](C)C(=O)N[C@@H](Cc1ccccc1)c1nccs1)OC)N(C)C(=O)C(NC(=O)C(C(C)C)N(C)Cc1ccncc1)C(C)C.